The molecule has 0 radical (unpaired) electrons. The number of nitrogens with zero attached hydrogens (tertiary/aromatic N) is 3. The summed E-state index contributed by atoms with van der Waals surface area (Å²) >= 11 is 12.5. The Labute approximate surface area is 217 Å². The van der Waals surface area contributed by atoms with Gasteiger partial charge in [-0.15, -0.1) is 0 Å². The Morgan fingerprint density at radius 3 is 2.33 bits per heavy atom. The number of benzene rings is 3. The van der Waals surface area contributed by atoms with Crippen molar-refractivity contribution in [1.82, 2.24) is 9.88 Å². The molecule has 0 unspecified atom stereocenters. The van der Waals surface area contributed by atoms with E-state index < -0.39 is 11.7 Å². The Kier molecular flexibility index (Phi) is 6.97. The standard InChI is InChI=1S/C27H23Cl2F3N4/c28-20-4-8-23(29)26(16-20)36-13-11-35(12-14-36)17-18-1-5-21(6-2-18)34-24-9-10-33-25-15-19(27(30,31)32)3-7-22(24)25/h1-10,15-16H,11-14,17H2,(H,33,34). The summed E-state index contributed by atoms with van der Waals surface area (Å²) < 4.78 is 39.1. The van der Waals surface area contributed by atoms with Gasteiger partial charge in [0.1, 0.15) is 0 Å². The number of alkyl halides is 3. The summed E-state index contributed by atoms with van der Waals surface area (Å²) in [5, 5.41) is 5.32. The van der Waals surface area contributed by atoms with Crippen molar-refractivity contribution in [3.63, 3.8) is 0 Å². The zero-order chi connectivity index (χ0) is 25.3. The van der Waals surface area contributed by atoms with E-state index in [9.17, 15) is 13.2 Å². The van der Waals surface area contributed by atoms with E-state index in [0.717, 1.165) is 56.2 Å². The fourth-order valence-corrected chi connectivity index (χ4v) is 4.82. The molecule has 36 heavy (non-hydrogen) atoms. The number of nitrogens with one attached hydrogen (secondary N) is 1. The summed E-state index contributed by atoms with van der Waals surface area (Å²) in [5.41, 5.74) is 3.30. The average Bonchev–Trinajstić information content (AvgIpc) is 2.86. The maximum atomic E-state index is 13.0. The van der Waals surface area contributed by atoms with E-state index in [1.807, 2.05) is 24.3 Å². The predicted octanol–water partition coefficient (Wildman–Crippen LogP) is 7.63. The molecule has 1 fully saturated rings. The number of halogens is 5. The summed E-state index contributed by atoms with van der Waals surface area (Å²) in [4.78, 5) is 8.76. The van der Waals surface area contributed by atoms with Crippen LogP contribution in [0.15, 0.2) is 72.9 Å². The normalized spacial score (nSPS) is 14.9. The van der Waals surface area contributed by atoms with Gasteiger partial charge >= 0.3 is 6.18 Å². The van der Waals surface area contributed by atoms with E-state index >= 15 is 0 Å². The molecule has 0 spiro atoms. The van der Waals surface area contributed by atoms with Crippen LogP contribution in [0.4, 0.5) is 30.2 Å². The topological polar surface area (TPSA) is 31.4 Å². The molecule has 0 saturated carbocycles. The van der Waals surface area contributed by atoms with Gasteiger partial charge in [-0.1, -0.05) is 41.4 Å². The summed E-state index contributed by atoms with van der Waals surface area (Å²) in [6.45, 7) is 4.38. The minimum atomic E-state index is -4.40. The summed E-state index contributed by atoms with van der Waals surface area (Å²) in [6.07, 6.45) is -2.89. The molecular formula is C27H23Cl2F3N4. The van der Waals surface area contributed by atoms with Crippen LogP contribution in [0.2, 0.25) is 10.0 Å². The number of hydrogen-bond donors (Lipinski definition) is 1. The Morgan fingerprint density at radius 1 is 0.861 bits per heavy atom. The van der Waals surface area contributed by atoms with Gasteiger partial charge in [0.2, 0.25) is 0 Å². The largest absolute Gasteiger partial charge is 0.416 e. The Morgan fingerprint density at radius 2 is 1.61 bits per heavy atom. The lowest BCUT2D eigenvalue weighted by Gasteiger charge is -2.36. The van der Waals surface area contributed by atoms with Crippen molar-refractivity contribution < 1.29 is 13.2 Å². The molecule has 1 aliphatic heterocycles. The second-order valence-electron chi connectivity index (χ2n) is 8.77. The van der Waals surface area contributed by atoms with Gasteiger partial charge in [-0.25, -0.2) is 0 Å². The highest BCUT2D eigenvalue weighted by Crippen LogP contribution is 2.33. The molecule has 2 heterocycles. The lowest BCUT2D eigenvalue weighted by Crippen LogP contribution is -2.46. The smallest absolute Gasteiger partial charge is 0.368 e. The molecule has 3 aromatic carbocycles. The van der Waals surface area contributed by atoms with Crippen LogP contribution in [0.25, 0.3) is 10.9 Å². The van der Waals surface area contributed by atoms with Gasteiger partial charge in [-0.3, -0.25) is 9.88 Å². The molecule has 1 aliphatic rings. The number of fused-ring (bicyclic) bond motifs is 1. The highest BCUT2D eigenvalue weighted by Gasteiger charge is 2.30. The average molecular weight is 531 g/mol. The summed E-state index contributed by atoms with van der Waals surface area (Å²) in [6, 6.07) is 19.0. The molecule has 1 aromatic heterocycles. The van der Waals surface area contributed by atoms with E-state index in [2.05, 4.69) is 32.2 Å². The highest BCUT2D eigenvalue weighted by atomic mass is 35.5. The van der Waals surface area contributed by atoms with Crippen LogP contribution < -0.4 is 10.2 Å². The number of piperazine rings is 1. The Balaban J connectivity index is 1.21. The maximum Gasteiger partial charge on any atom is 0.416 e. The lowest BCUT2D eigenvalue weighted by molar-refractivity contribution is -0.137. The molecule has 4 aromatic rings. The van der Waals surface area contributed by atoms with Crippen LogP contribution in [-0.2, 0) is 12.7 Å². The van der Waals surface area contributed by atoms with Crippen molar-refractivity contribution >= 4 is 51.2 Å². The van der Waals surface area contributed by atoms with Crippen LogP contribution in [0, 0.1) is 0 Å². The second kappa shape index (κ2) is 10.2. The molecule has 9 heteroatoms. The van der Waals surface area contributed by atoms with E-state index in [0.29, 0.717) is 26.6 Å². The number of anilines is 3. The highest BCUT2D eigenvalue weighted by molar-refractivity contribution is 6.35. The quantitative estimate of drug-likeness (QED) is 0.287. The van der Waals surface area contributed by atoms with E-state index in [1.165, 1.54) is 17.8 Å². The monoisotopic (exact) mass is 530 g/mol. The van der Waals surface area contributed by atoms with Crippen molar-refractivity contribution in [2.45, 2.75) is 12.7 Å². The van der Waals surface area contributed by atoms with Crippen LogP contribution in [0.1, 0.15) is 11.1 Å². The molecule has 1 saturated heterocycles. The van der Waals surface area contributed by atoms with Crippen LogP contribution in [0.3, 0.4) is 0 Å². The van der Waals surface area contributed by atoms with E-state index in [1.54, 1.807) is 12.1 Å². The zero-order valence-corrected chi connectivity index (χ0v) is 20.7. The van der Waals surface area contributed by atoms with Crippen LogP contribution >= 0.6 is 23.2 Å². The minimum absolute atomic E-state index is 0.296. The maximum absolute atomic E-state index is 13.0. The first kappa shape index (κ1) is 24.7. The molecule has 4 nitrogen and oxygen atoms in total. The lowest BCUT2D eigenvalue weighted by atomic mass is 10.1. The van der Waals surface area contributed by atoms with Crippen molar-refractivity contribution in [1.29, 1.82) is 0 Å². The zero-order valence-electron chi connectivity index (χ0n) is 19.2. The SMILES string of the molecule is FC(F)(F)c1ccc2c(Nc3ccc(CN4CCN(c5cc(Cl)ccc5Cl)CC4)cc3)ccnc2c1. The first-order valence-electron chi connectivity index (χ1n) is 11.5. The molecule has 0 atom stereocenters. The molecular weight excluding hydrogens is 508 g/mol. The van der Waals surface area contributed by atoms with Gasteiger partial charge in [0.05, 0.1) is 21.8 Å². The van der Waals surface area contributed by atoms with E-state index in [-0.39, 0.29) is 0 Å². The Hall–Kier alpha value is -3.00. The first-order chi connectivity index (χ1) is 17.3. The van der Waals surface area contributed by atoms with Gasteiger partial charge in [-0.05, 0) is 54.1 Å². The van der Waals surface area contributed by atoms with Gasteiger partial charge in [-0.2, -0.15) is 13.2 Å². The number of rotatable bonds is 5. The van der Waals surface area contributed by atoms with Gasteiger partial charge < -0.3 is 10.2 Å². The fourth-order valence-electron chi connectivity index (χ4n) is 4.42. The molecule has 1 N–H and O–H groups in total. The fraction of sp³-hybridized carbons (Fsp3) is 0.222. The minimum Gasteiger partial charge on any atom is -0.368 e. The number of aromatic nitrogens is 1. The second-order valence-corrected chi connectivity index (χ2v) is 9.61. The van der Waals surface area contributed by atoms with Gasteiger partial charge in [0, 0.05) is 60.7 Å². The van der Waals surface area contributed by atoms with Crippen molar-refractivity contribution in [3.05, 3.63) is 94.1 Å². The van der Waals surface area contributed by atoms with Crippen molar-refractivity contribution in [2.75, 3.05) is 36.4 Å². The molecule has 0 aliphatic carbocycles. The van der Waals surface area contributed by atoms with Crippen LogP contribution in [-0.4, -0.2) is 36.1 Å². The third-order valence-corrected chi connectivity index (χ3v) is 6.89. The third-order valence-electron chi connectivity index (χ3n) is 6.33. The van der Waals surface area contributed by atoms with Gasteiger partial charge in [0.15, 0.2) is 0 Å². The summed E-state index contributed by atoms with van der Waals surface area (Å²) in [5.74, 6) is 0. The molecule has 0 bridgehead atoms. The number of pyridine rings is 1. The molecule has 5 rings (SSSR count). The Bertz CT molecular complexity index is 1370. The first-order valence-corrected chi connectivity index (χ1v) is 12.3. The third kappa shape index (κ3) is 5.53. The van der Waals surface area contributed by atoms with Crippen molar-refractivity contribution in [2.24, 2.45) is 0 Å². The predicted molar refractivity (Wildman–Crippen MR) is 140 cm³/mol. The molecule has 0 amide bonds. The van der Waals surface area contributed by atoms with E-state index in [4.69, 9.17) is 23.2 Å². The van der Waals surface area contributed by atoms with Crippen molar-refractivity contribution in [3.8, 4) is 0 Å². The van der Waals surface area contributed by atoms with Gasteiger partial charge in [0.25, 0.3) is 0 Å². The van der Waals surface area contributed by atoms with Crippen LogP contribution in [0.5, 0.6) is 0 Å². The summed E-state index contributed by atoms with van der Waals surface area (Å²) in [7, 11) is 0. The number of hydrogen-bond acceptors (Lipinski definition) is 4. The molecule has 186 valence electrons.